The highest BCUT2D eigenvalue weighted by Crippen LogP contribution is 1.81. The van der Waals surface area contributed by atoms with Gasteiger partial charge in [-0.1, -0.05) is 6.08 Å². The normalized spacial score (nSPS) is 9.00. The number of hydrogen-bond donors (Lipinski definition) is 0. The smallest absolute Gasteiger partial charge is 0.133 e. The van der Waals surface area contributed by atoms with Crippen molar-refractivity contribution in [2.75, 3.05) is 0 Å². The third-order valence-corrected chi connectivity index (χ3v) is 0.598. The van der Waals surface area contributed by atoms with Gasteiger partial charge < -0.3 is 0 Å². The largest absolute Gasteiger partial charge is 0.300 e. The molecule has 2 nitrogen and oxygen atoms in total. The maximum absolute atomic E-state index is 10.2. The Labute approximate surface area is 48.4 Å². The topological polar surface area (TPSA) is 40.9 Å². The van der Waals surface area contributed by atoms with Crippen molar-refractivity contribution in [3.63, 3.8) is 0 Å². The molecule has 0 spiro atoms. The number of nitrogens with zero attached hydrogens (tertiary/aromatic N) is 1. The number of ketones is 1. The summed E-state index contributed by atoms with van der Waals surface area (Å²) in [5.41, 5.74) is 0. The van der Waals surface area contributed by atoms with Gasteiger partial charge in [-0.3, -0.25) is 4.79 Å². The minimum atomic E-state index is 0.0801. The van der Waals surface area contributed by atoms with Crippen LogP contribution in [-0.2, 0) is 4.79 Å². The van der Waals surface area contributed by atoms with Gasteiger partial charge in [-0.2, -0.15) is 5.26 Å². The van der Waals surface area contributed by atoms with Gasteiger partial charge in [0.05, 0.1) is 6.07 Å². The van der Waals surface area contributed by atoms with E-state index in [1.54, 1.807) is 12.1 Å². The molecule has 0 aliphatic heterocycles. The van der Waals surface area contributed by atoms with Gasteiger partial charge in [-0.15, -0.1) is 0 Å². The average molecular weight is 109 g/mol. The molecule has 0 atom stereocenters. The summed E-state index contributed by atoms with van der Waals surface area (Å²) in [5, 5.41) is 7.93. The van der Waals surface area contributed by atoms with Crippen LogP contribution >= 0.6 is 0 Å². The van der Waals surface area contributed by atoms with Gasteiger partial charge >= 0.3 is 0 Å². The summed E-state index contributed by atoms with van der Waals surface area (Å²) in [7, 11) is 0. The number of carbonyl (C=O) groups is 1. The first-order valence-electron chi connectivity index (χ1n) is 2.31. The molecule has 42 valence electrons. The molecule has 0 radical (unpaired) electrons. The van der Waals surface area contributed by atoms with Crippen LogP contribution in [0.2, 0.25) is 0 Å². The second-order valence-electron chi connectivity index (χ2n) is 1.44. The molecule has 0 aromatic rings. The Morgan fingerprint density at radius 1 is 1.88 bits per heavy atom. The highest BCUT2D eigenvalue weighted by atomic mass is 16.1. The van der Waals surface area contributed by atoms with Crippen LogP contribution in [0.3, 0.4) is 0 Å². The fourth-order valence-electron chi connectivity index (χ4n) is 0.278. The van der Waals surface area contributed by atoms with Crippen molar-refractivity contribution >= 4 is 5.78 Å². The van der Waals surface area contributed by atoms with Crippen LogP contribution in [0.25, 0.3) is 0 Å². The van der Waals surface area contributed by atoms with Gasteiger partial charge in [0.2, 0.25) is 0 Å². The van der Waals surface area contributed by atoms with E-state index in [9.17, 15) is 4.79 Å². The first-order valence-corrected chi connectivity index (χ1v) is 2.31. The van der Waals surface area contributed by atoms with Crippen molar-refractivity contribution in [2.24, 2.45) is 0 Å². The van der Waals surface area contributed by atoms with E-state index in [0.717, 1.165) is 0 Å². The number of nitriles is 1. The molecule has 0 aliphatic carbocycles. The molecule has 0 aromatic carbocycles. The fourth-order valence-corrected chi connectivity index (χ4v) is 0.278. The van der Waals surface area contributed by atoms with E-state index in [2.05, 4.69) is 0 Å². The zero-order valence-electron chi connectivity index (χ0n) is 4.72. The summed E-state index contributed by atoms with van der Waals surface area (Å²) in [4.78, 5) is 10.2. The number of allylic oxidation sites excluding steroid dienone is 2. The fraction of sp³-hybridized carbons (Fsp3) is 0.333. The van der Waals surface area contributed by atoms with E-state index >= 15 is 0 Å². The average Bonchev–Trinajstić information content (AvgIpc) is 1.66. The van der Waals surface area contributed by atoms with Crippen LogP contribution in [0.4, 0.5) is 0 Å². The maximum Gasteiger partial charge on any atom is 0.133 e. The van der Waals surface area contributed by atoms with Crippen molar-refractivity contribution in [3.8, 4) is 6.07 Å². The Morgan fingerprint density at radius 2 is 2.50 bits per heavy atom. The molecular formula is C6H7NO. The molecule has 0 amide bonds. The first-order chi connectivity index (χ1) is 3.77. The molecule has 0 N–H and O–H groups in total. The van der Waals surface area contributed by atoms with Crippen LogP contribution in [-0.4, -0.2) is 5.78 Å². The molecule has 0 aliphatic rings. The molecule has 0 unspecified atom stereocenters. The van der Waals surface area contributed by atoms with Crippen molar-refractivity contribution in [1.82, 2.24) is 0 Å². The number of carbonyl (C=O) groups excluding carboxylic acids is 1. The van der Waals surface area contributed by atoms with Crippen LogP contribution in [0.15, 0.2) is 12.2 Å². The first kappa shape index (κ1) is 6.90. The lowest BCUT2D eigenvalue weighted by Gasteiger charge is -1.77. The lowest BCUT2D eigenvalue weighted by molar-refractivity contribution is -0.116. The SMILES string of the molecule is CC(=O)C/C=C/C#N. The Hall–Kier alpha value is -1.10. The molecule has 0 saturated carbocycles. The molecule has 0 aromatic heterocycles. The van der Waals surface area contributed by atoms with Crippen LogP contribution < -0.4 is 0 Å². The highest BCUT2D eigenvalue weighted by molar-refractivity contribution is 5.77. The van der Waals surface area contributed by atoms with Gasteiger partial charge in [0.25, 0.3) is 0 Å². The van der Waals surface area contributed by atoms with Crippen LogP contribution in [0.5, 0.6) is 0 Å². The van der Waals surface area contributed by atoms with E-state index in [-0.39, 0.29) is 5.78 Å². The molecule has 0 heterocycles. The van der Waals surface area contributed by atoms with E-state index in [1.807, 2.05) is 0 Å². The monoisotopic (exact) mass is 109 g/mol. The molecule has 8 heavy (non-hydrogen) atoms. The van der Waals surface area contributed by atoms with Gasteiger partial charge in [0.15, 0.2) is 0 Å². The predicted molar refractivity (Wildman–Crippen MR) is 30.1 cm³/mol. The minimum Gasteiger partial charge on any atom is -0.300 e. The second kappa shape index (κ2) is 4.07. The van der Waals surface area contributed by atoms with E-state index < -0.39 is 0 Å². The van der Waals surface area contributed by atoms with E-state index in [0.29, 0.717) is 6.42 Å². The maximum atomic E-state index is 10.2. The Balaban J connectivity index is 3.34. The quantitative estimate of drug-likeness (QED) is 0.497. The van der Waals surface area contributed by atoms with Crippen molar-refractivity contribution in [3.05, 3.63) is 12.2 Å². The summed E-state index contributed by atoms with van der Waals surface area (Å²) >= 11 is 0. The number of rotatable bonds is 2. The summed E-state index contributed by atoms with van der Waals surface area (Å²) in [6.07, 6.45) is 3.22. The van der Waals surface area contributed by atoms with Gasteiger partial charge in [-0.05, 0) is 6.92 Å². The van der Waals surface area contributed by atoms with Crippen LogP contribution in [0, 0.1) is 11.3 Å². The van der Waals surface area contributed by atoms with E-state index in [4.69, 9.17) is 5.26 Å². The molecule has 0 rings (SSSR count). The Kier molecular flexibility index (Phi) is 3.51. The molecule has 2 heteroatoms. The zero-order chi connectivity index (χ0) is 6.41. The molecule has 0 saturated heterocycles. The van der Waals surface area contributed by atoms with Gasteiger partial charge in [0.1, 0.15) is 5.78 Å². The predicted octanol–water partition coefficient (Wildman–Crippen LogP) is 1.05. The zero-order valence-corrected chi connectivity index (χ0v) is 4.72. The lowest BCUT2D eigenvalue weighted by Crippen LogP contribution is -1.82. The van der Waals surface area contributed by atoms with Crippen molar-refractivity contribution in [2.45, 2.75) is 13.3 Å². The number of Topliss-reactive ketones (excluding diaryl/α,β-unsaturated/α-hetero) is 1. The summed E-state index contributed by atoms with van der Waals surface area (Å²) in [6, 6.07) is 1.79. The van der Waals surface area contributed by atoms with Gasteiger partial charge in [0, 0.05) is 12.5 Å². The Morgan fingerprint density at radius 3 is 2.88 bits per heavy atom. The third kappa shape index (κ3) is 4.90. The minimum absolute atomic E-state index is 0.0801. The standard InChI is InChI=1S/C6H7NO/c1-6(8)4-2-3-5-7/h2-3H,4H2,1H3/b3-2+. The van der Waals surface area contributed by atoms with E-state index in [1.165, 1.54) is 13.0 Å². The second-order valence-corrected chi connectivity index (χ2v) is 1.44. The molecule has 0 fully saturated rings. The van der Waals surface area contributed by atoms with Crippen molar-refractivity contribution < 1.29 is 4.79 Å². The van der Waals surface area contributed by atoms with Crippen LogP contribution in [0.1, 0.15) is 13.3 Å². The number of hydrogen-bond acceptors (Lipinski definition) is 2. The third-order valence-electron chi connectivity index (χ3n) is 0.598. The van der Waals surface area contributed by atoms with Crippen molar-refractivity contribution in [1.29, 1.82) is 5.26 Å². The molecular weight excluding hydrogens is 102 g/mol. The molecule has 0 bridgehead atoms. The summed E-state index contributed by atoms with van der Waals surface area (Å²) in [5.74, 6) is 0.0801. The Bertz CT molecular complexity index is 141. The summed E-state index contributed by atoms with van der Waals surface area (Å²) < 4.78 is 0. The highest BCUT2D eigenvalue weighted by Gasteiger charge is 1.82. The summed E-state index contributed by atoms with van der Waals surface area (Å²) in [6.45, 7) is 1.49. The van der Waals surface area contributed by atoms with Gasteiger partial charge in [-0.25, -0.2) is 0 Å². The lowest BCUT2D eigenvalue weighted by atomic mass is 10.3.